The summed E-state index contributed by atoms with van der Waals surface area (Å²) in [5.41, 5.74) is 3.14. The lowest BCUT2D eigenvalue weighted by molar-refractivity contribution is -0.126. The smallest absolute Gasteiger partial charge is 0.281 e. The Morgan fingerprint density at radius 3 is 2.45 bits per heavy atom. The molecule has 1 N–H and O–H groups in total. The van der Waals surface area contributed by atoms with Gasteiger partial charge in [-0.15, -0.1) is 0 Å². The number of piperidine rings is 1. The molecule has 1 aliphatic rings. The van der Waals surface area contributed by atoms with Crippen LogP contribution in [0.25, 0.3) is 0 Å². The molecule has 0 radical (unpaired) electrons. The molecule has 0 aliphatic carbocycles. The highest BCUT2D eigenvalue weighted by Gasteiger charge is 2.34. The van der Waals surface area contributed by atoms with Crippen LogP contribution in [0.1, 0.15) is 35.6 Å². The van der Waals surface area contributed by atoms with Crippen molar-refractivity contribution < 1.29 is 13.2 Å². The van der Waals surface area contributed by atoms with Gasteiger partial charge in [-0.25, -0.2) is 0 Å². The molecule has 3 rings (SSSR count). The molecule has 6 nitrogen and oxygen atoms in total. The minimum absolute atomic E-state index is 0.112. The molecule has 0 bridgehead atoms. The Morgan fingerprint density at radius 1 is 1.10 bits per heavy atom. The van der Waals surface area contributed by atoms with Crippen LogP contribution >= 0.6 is 0 Å². The van der Waals surface area contributed by atoms with Gasteiger partial charge in [0.15, 0.2) is 0 Å². The zero-order chi connectivity index (χ0) is 21.0. The van der Waals surface area contributed by atoms with E-state index >= 15 is 0 Å². The molecule has 0 saturated carbocycles. The second kappa shape index (κ2) is 9.07. The molecule has 0 aromatic heterocycles. The largest absolute Gasteiger partial charge is 0.345 e. The summed E-state index contributed by atoms with van der Waals surface area (Å²) in [7, 11) is -0.486. The van der Waals surface area contributed by atoms with Crippen molar-refractivity contribution in [3.63, 3.8) is 0 Å². The molecule has 2 atom stereocenters. The molecule has 156 valence electrons. The average Bonchev–Trinajstić information content (AvgIpc) is 2.72. The predicted octanol–water partition coefficient (Wildman–Crippen LogP) is 2.72. The number of amides is 1. The van der Waals surface area contributed by atoms with Crippen molar-refractivity contribution in [1.29, 1.82) is 0 Å². The molecular formula is C22H29N3O3S. The molecule has 2 aromatic rings. The van der Waals surface area contributed by atoms with Gasteiger partial charge in [-0.1, -0.05) is 60.2 Å². The standard InChI is InChI=1S/C22H29N3O3S/c1-17-9-7-12-19(15-17)21(18-10-5-4-6-11-18)23-22(26)20-13-8-14-25(16-20)29(27,28)24(2)3/h4-7,9-12,15,20-21H,8,13-14,16H2,1-3H3,(H,23,26)/t20-,21-/m1/s1. The number of rotatable bonds is 6. The zero-order valence-corrected chi connectivity index (χ0v) is 18.0. The van der Waals surface area contributed by atoms with Crippen molar-refractivity contribution in [2.45, 2.75) is 25.8 Å². The first-order valence-corrected chi connectivity index (χ1v) is 11.3. The second-order valence-electron chi connectivity index (χ2n) is 7.75. The molecule has 1 saturated heterocycles. The maximum absolute atomic E-state index is 13.1. The van der Waals surface area contributed by atoms with Crippen molar-refractivity contribution in [3.8, 4) is 0 Å². The summed E-state index contributed by atoms with van der Waals surface area (Å²) in [6, 6.07) is 17.7. The summed E-state index contributed by atoms with van der Waals surface area (Å²) < 4.78 is 27.6. The van der Waals surface area contributed by atoms with Gasteiger partial charge in [0.05, 0.1) is 12.0 Å². The van der Waals surface area contributed by atoms with Crippen molar-refractivity contribution in [2.75, 3.05) is 27.2 Å². The van der Waals surface area contributed by atoms with Crippen LogP contribution in [0.5, 0.6) is 0 Å². The first-order valence-electron chi connectivity index (χ1n) is 9.88. The molecule has 1 fully saturated rings. The zero-order valence-electron chi connectivity index (χ0n) is 17.2. The summed E-state index contributed by atoms with van der Waals surface area (Å²) >= 11 is 0. The third-order valence-electron chi connectivity index (χ3n) is 5.34. The maximum Gasteiger partial charge on any atom is 0.281 e. The highest BCUT2D eigenvalue weighted by atomic mass is 32.2. The number of benzene rings is 2. The SMILES string of the molecule is Cc1cccc([C@H](NC(=O)[C@@H]2CCCN(S(=O)(=O)N(C)C)C2)c2ccccc2)c1. The minimum atomic E-state index is -3.52. The van der Waals surface area contributed by atoms with Gasteiger partial charge in [0.2, 0.25) is 5.91 Å². The Morgan fingerprint density at radius 2 is 1.79 bits per heavy atom. The van der Waals surface area contributed by atoms with Gasteiger partial charge in [0.25, 0.3) is 10.2 Å². The lowest BCUT2D eigenvalue weighted by atomic mass is 9.94. The number of carbonyl (C=O) groups excluding carboxylic acids is 1. The summed E-state index contributed by atoms with van der Waals surface area (Å²) in [5, 5.41) is 3.17. The van der Waals surface area contributed by atoms with Gasteiger partial charge in [0, 0.05) is 27.2 Å². The Labute approximate surface area is 173 Å². The first-order chi connectivity index (χ1) is 13.8. The minimum Gasteiger partial charge on any atom is -0.345 e. The fourth-order valence-corrected chi connectivity index (χ4v) is 4.90. The first kappa shape index (κ1) is 21.5. The molecule has 0 unspecified atom stereocenters. The van der Waals surface area contributed by atoms with E-state index in [9.17, 15) is 13.2 Å². The summed E-state index contributed by atoms with van der Waals surface area (Å²) in [6.45, 7) is 2.68. The van der Waals surface area contributed by atoms with Crippen molar-refractivity contribution >= 4 is 16.1 Å². The van der Waals surface area contributed by atoms with Crippen LogP contribution in [0, 0.1) is 12.8 Å². The third-order valence-corrected chi connectivity index (χ3v) is 7.24. The number of hydrogen-bond donors (Lipinski definition) is 1. The maximum atomic E-state index is 13.1. The van der Waals surface area contributed by atoms with Gasteiger partial charge in [-0.3, -0.25) is 4.79 Å². The van der Waals surface area contributed by atoms with Crippen LogP contribution in [0.15, 0.2) is 54.6 Å². The van der Waals surface area contributed by atoms with Crippen molar-refractivity contribution in [2.24, 2.45) is 5.92 Å². The highest BCUT2D eigenvalue weighted by Crippen LogP contribution is 2.26. The predicted molar refractivity (Wildman–Crippen MR) is 115 cm³/mol. The summed E-state index contributed by atoms with van der Waals surface area (Å²) in [4.78, 5) is 13.1. The van der Waals surface area contributed by atoms with E-state index in [1.54, 1.807) is 0 Å². The molecule has 7 heteroatoms. The summed E-state index contributed by atoms with van der Waals surface area (Å²) in [5.74, 6) is -0.478. The van der Waals surface area contributed by atoms with E-state index in [4.69, 9.17) is 0 Å². The normalized spacial score (nSPS) is 19.1. The van der Waals surface area contributed by atoms with Crippen LogP contribution in [-0.2, 0) is 15.0 Å². The Kier molecular flexibility index (Phi) is 6.72. The fourth-order valence-electron chi connectivity index (χ4n) is 3.71. The Bertz CT molecular complexity index is 945. The van der Waals surface area contributed by atoms with Crippen molar-refractivity contribution in [1.82, 2.24) is 13.9 Å². The Balaban J connectivity index is 1.82. The molecule has 1 aliphatic heterocycles. The van der Waals surface area contributed by atoms with E-state index in [2.05, 4.69) is 11.4 Å². The quantitative estimate of drug-likeness (QED) is 0.789. The van der Waals surface area contributed by atoms with Crippen LogP contribution in [0.4, 0.5) is 0 Å². The van der Waals surface area contributed by atoms with Crippen LogP contribution < -0.4 is 5.32 Å². The number of aryl methyl sites for hydroxylation is 1. The van der Waals surface area contributed by atoms with E-state index in [0.29, 0.717) is 19.4 Å². The molecule has 0 spiro atoms. The van der Waals surface area contributed by atoms with Gasteiger partial charge in [-0.05, 0) is 30.9 Å². The van der Waals surface area contributed by atoms with E-state index < -0.39 is 10.2 Å². The second-order valence-corrected chi connectivity index (χ2v) is 9.90. The monoisotopic (exact) mass is 415 g/mol. The van der Waals surface area contributed by atoms with E-state index in [1.165, 1.54) is 22.7 Å². The molecular weight excluding hydrogens is 386 g/mol. The number of carbonyl (C=O) groups is 1. The molecule has 1 heterocycles. The van der Waals surface area contributed by atoms with E-state index in [0.717, 1.165) is 16.7 Å². The summed E-state index contributed by atoms with van der Waals surface area (Å²) in [6.07, 6.45) is 1.35. The van der Waals surface area contributed by atoms with Crippen LogP contribution in [-0.4, -0.2) is 50.1 Å². The highest BCUT2D eigenvalue weighted by molar-refractivity contribution is 7.86. The number of hydrogen-bond acceptors (Lipinski definition) is 3. The average molecular weight is 416 g/mol. The lowest BCUT2D eigenvalue weighted by Crippen LogP contribution is -2.49. The van der Waals surface area contributed by atoms with Gasteiger partial charge < -0.3 is 5.32 Å². The van der Waals surface area contributed by atoms with Gasteiger partial charge in [-0.2, -0.15) is 17.0 Å². The lowest BCUT2D eigenvalue weighted by Gasteiger charge is -2.33. The number of nitrogens with zero attached hydrogens (tertiary/aromatic N) is 2. The fraction of sp³-hybridized carbons (Fsp3) is 0.409. The topological polar surface area (TPSA) is 69.7 Å². The van der Waals surface area contributed by atoms with Gasteiger partial charge >= 0.3 is 0 Å². The molecule has 29 heavy (non-hydrogen) atoms. The Hall–Kier alpha value is -2.22. The van der Waals surface area contributed by atoms with E-state index in [-0.39, 0.29) is 24.4 Å². The van der Waals surface area contributed by atoms with Crippen LogP contribution in [0.2, 0.25) is 0 Å². The van der Waals surface area contributed by atoms with Crippen molar-refractivity contribution in [3.05, 3.63) is 71.3 Å². The van der Waals surface area contributed by atoms with Gasteiger partial charge in [0.1, 0.15) is 0 Å². The molecule has 1 amide bonds. The third kappa shape index (κ3) is 5.04. The number of nitrogens with one attached hydrogen (secondary N) is 1. The van der Waals surface area contributed by atoms with Crippen LogP contribution in [0.3, 0.4) is 0 Å². The molecule has 2 aromatic carbocycles. The van der Waals surface area contributed by atoms with E-state index in [1.807, 2.05) is 55.5 Å².